The molecule has 0 radical (unpaired) electrons. The van der Waals surface area contributed by atoms with E-state index >= 15 is 0 Å². The molecule has 0 spiro atoms. The Morgan fingerprint density at radius 1 is 1.12 bits per heavy atom. The smallest absolute Gasteiger partial charge is 0.125 e. The van der Waals surface area contributed by atoms with Crippen LogP contribution in [0.15, 0.2) is 18.2 Å². The molecule has 0 aliphatic carbocycles. The highest BCUT2D eigenvalue weighted by molar-refractivity contribution is 5.48. The van der Waals surface area contributed by atoms with E-state index in [1.165, 1.54) is 12.1 Å². The maximum absolute atomic E-state index is 13.2. The number of anilines is 1. The Bertz CT molecular complexity index is 342. The van der Waals surface area contributed by atoms with Crippen LogP contribution in [-0.4, -0.2) is 44.2 Å². The second-order valence-electron chi connectivity index (χ2n) is 4.20. The van der Waals surface area contributed by atoms with Crippen molar-refractivity contribution in [1.29, 1.82) is 0 Å². The van der Waals surface area contributed by atoms with Crippen LogP contribution in [-0.2, 0) is 6.61 Å². The van der Waals surface area contributed by atoms with Gasteiger partial charge in [0.15, 0.2) is 0 Å². The van der Waals surface area contributed by atoms with E-state index in [9.17, 15) is 4.39 Å². The van der Waals surface area contributed by atoms with Crippen molar-refractivity contribution in [3.63, 3.8) is 0 Å². The lowest BCUT2D eigenvalue weighted by Crippen LogP contribution is -2.28. The van der Waals surface area contributed by atoms with E-state index in [0.29, 0.717) is 5.56 Å². The van der Waals surface area contributed by atoms with E-state index in [1.807, 2.05) is 26.0 Å². The summed E-state index contributed by atoms with van der Waals surface area (Å²) in [6.07, 6.45) is 0. The average Bonchev–Trinajstić information content (AvgIpc) is 2.24. The summed E-state index contributed by atoms with van der Waals surface area (Å²) in [7, 11) is 5.91. The molecule has 4 heteroatoms. The predicted octanol–water partition coefficient (Wildman–Crippen LogP) is 1.32. The number of aliphatic hydroxyl groups excluding tert-OH is 1. The van der Waals surface area contributed by atoms with Crippen LogP contribution in [0, 0.1) is 5.82 Å². The third-order valence-corrected chi connectivity index (χ3v) is 2.45. The van der Waals surface area contributed by atoms with Gasteiger partial charge in [0.25, 0.3) is 0 Å². The van der Waals surface area contributed by atoms with Gasteiger partial charge in [0, 0.05) is 25.8 Å². The second kappa shape index (κ2) is 5.82. The quantitative estimate of drug-likeness (QED) is 0.820. The van der Waals surface area contributed by atoms with Crippen molar-refractivity contribution in [2.75, 3.05) is 39.1 Å². The number of likely N-dealkylation sites (N-methyl/N-ethyl adjacent to an activating group) is 2. The van der Waals surface area contributed by atoms with E-state index in [2.05, 4.69) is 4.90 Å². The molecular formula is C12H19FN2O. The fourth-order valence-corrected chi connectivity index (χ4v) is 1.42. The van der Waals surface area contributed by atoms with Gasteiger partial charge in [-0.25, -0.2) is 4.39 Å². The van der Waals surface area contributed by atoms with Gasteiger partial charge >= 0.3 is 0 Å². The van der Waals surface area contributed by atoms with E-state index < -0.39 is 0 Å². The van der Waals surface area contributed by atoms with Crippen LogP contribution in [0.5, 0.6) is 0 Å². The molecule has 1 N–H and O–H groups in total. The highest BCUT2D eigenvalue weighted by atomic mass is 19.1. The average molecular weight is 226 g/mol. The van der Waals surface area contributed by atoms with Crippen LogP contribution < -0.4 is 4.90 Å². The zero-order valence-corrected chi connectivity index (χ0v) is 10.1. The first-order chi connectivity index (χ1) is 7.52. The molecule has 0 heterocycles. The van der Waals surface area contributed by atoms with Crippen LogP contribution in [0.1, 0.15) is 5.56 Å². The van der Waals surface area contributed by atoms with Crippen molar-refractivity contribution in [3.8, 4) is 0 Å². The van der Waals surface area contributed by atoms with Crippen molar-refractivity contribution >= 4 is 5.69 Å². The molecule has 0 aliphatic rings. The first-order valence-corrected chi connectivity index (χ1v) is 5.29. The van der Waals surface area contributed by atoms with Gasteiger partial charge in [0.2, 0.25) is 0 Å². The van der Waals surface area contributed by atoms with E-state index in [-0.39, 0.29) is 12.4 Å². The zero-order chi connectivity index (χ0) is 12.1. The third-order valence-electron chi connectivity index (χ3n) is 2.45. The molecule has 3 nitrogen and oxygen atoms in total. The number of hydrogen-bond donors (Lipinski definition) is 1. The summed E-state index contributed by atoms with van der Waals surface area (Å²) in [5.41, 5.74) is 1.40. The molecule has 16 heavy (non-hydrogen) atoms. The maximum Gasteiger partial charge on any atom is 0.125 e. The number of halogens is 1. The van der Waals surface area contributed by atoms with Gasteiger partial charge in [0.05, 0.1) is 6.61 Å². The Morgan fingerprint density at radius 3 is 2.38 bits per heavy atom. The van der Waals surface area contributed by atoms with Crippen molar-refractivity contribution in [2.45, 2.75) is 6.61 Å². The van der Waals surface area contributed by atoms with E-state index in [0.717, 1.165) is 18.8 Å². The van der Waals surface area contributed by atoms with Crippen LogP contribution in [0.4, 0.5) is 10.1 Å². The number of nitrogens with zero attached hydrogens (tertiary/aromatic N) is 2. The summed E-state index contributed by atoms with van der Waals surface area (Å²) in [5, 5.41) is 8.99. The predicted molar refractivity (Wildman–Crippen MR) is 64.1 cm³/mol. The minimum Gasteiger partial charge on any atom is -0.392 e. The molecule has 0 atom stereocenters. The highest BCUT2D eigenvalue weighted by Gasteiger charge is 2.05. The van der Waals surface area contributed by atoms with Crippen LogP contribution >= 0.6 is 0 Å². The number of benzene rings is 1. The van der Waals surface area contributed by atoms with E-state index in [4.69, 9.17) is 5.11 Å². The lowest BCUT2D eigenvalue weighted by atomic mass is 10.2. The standard InChI is InChI=1S/C12H19FN2O/c1-14(2)4-5-15(3)12-7-10(9-16)6-11(13)8-12/h6-8,16H,4-5,9H2,1-3H3. The zero-order valence-electron chi connectivity index (χ0n) is 10.1. The molecule has 1 aromatic rings. The number of rotatable bonds is 5. The van der Waals surface area contributed by atoms with Gasteiger partial charge in [-0.3, -0.25) is 0 Å². The summed E-state index contributed by atoms with van der Waals surface area (Å²) in [5.74, 6) is -0.307. The summed E-state index contributed by atoms with van der Waals surface area (Å²) in [6.45, 7) is 1.59. The summed E-state index contributed by atoms with van der Waals surface area (Å²) < 4.78 is 13.2. The van der Waals surface area contributed by atoms with Crippen molar-refractivity contribution in [3.05, 3.63) is 29.6 Å². The second-order valence-corrected chi connectivity index (χ2v) is 4.20. The first kappa shape index (κ1) is 12.9. The lowest BCUT2D eigenvalue weighted by Gasteiger charge is -2.22. The molecule has 0 unspecified atom stereocenters. The molecule has 0 saturated carbocycles. The molecule has 0 aromatic heterocycles. The molecule has 0 saturated heterocycles. The van der Waals surface area contributed by atoms with Crippen LogP contribution in [0.3, 0.4) is 0 Å². The fourth-order valence-electron chi connectivity index (χ4n) is 1.42. The first-order valence-electron chi connectivity index (χ1n) is 5.29. The lowest BCUT2D eigenvalue weighted by molar-refractivity contribution is 0.281. The minimum atomic E-state index is -0.307. The van der Waals surface area contributed by atoms with Gasteiger partial charge < -0.3 is 14.9 Å². The molecule has 0 amide bonds. The Labute approximate surface area is 96.1 Å². The maximum atomic E-state index is 13.2. The molecule has 0 fully saturated rings. The summed E-state index contributed by atoms with van der Waals surface area (Å²) >= 11 is 0. The minimum absolute atomic E-state index is 0.133. The molecule has 90 valence electrons. The SMILES string of the molecule is CN(C)CCN(C)c1cc(F)cc(CO)c1. The Hall–Kier alpha value is -1.13. The topological polar surface area (TPSA) is 26.7 Å². The molecule has 1 rings (SSSR count). The normalized spacial score (nSPS) is 10.9. The Kier molecular flexibility index (Phi) is 4.71. The van der Waals surface area contributed by atoms with Gasteiger partial charge in [-0.1, -0.05) is 0 Å². The Morgan fingerprint density at radius 2 is 1.81 bits per heavy atom. The summed E-state index contributed by atoms with van der Waals surface area (Å²) in [4.78, 5) is 4.05. The van der Waals surface area contributed by atoms with Crippen LogP contribution in [0.2, 0.25) is 0 Å². The third kappa shape index (κ3) is 3.79. The van der Waals surface area contributed by atoms with Gasteiger partial charge in [-0.05, 0) is 37.9 Å². The Balaban J connectivity index is 2.74. The largest absolute Gasteiger partial charge is 0.392 e. The number of aliphatic hydroxyl groups is 1. The monoisotopic (exact) mass is 226 g/mol. The molecular weight excluding hydrogens is 207 g/mol. The van der Waals surface area contributed by atoms with Crippen molar-refractivity contribution in [2.24, 2.45) is 0 Å². The molecule has 0 aliphatic heterocycles. The van der Waals surface area contributed by atoms with Crippen LogP contribution in [0.25, 0.3) is 0 Å². The summed E-state index contributed by atoms with van der Waals surface area (Å²) in [6, 6.07) is 4.64. The number of hydrogen-bond acceptors (Lipinski definition) is 3. The highest BCUT2D eigenvalue weighted by Crippen LogP contribution is 2.17. The van der Waals surface area contributed by atoms with Crippen molar-refractivity contribution < 1.29 is 9.50 Å². The van der Waals surface area contributed by atoms with Gasteiger partial charge in [-0.15, -0.1) is 0 Å². The molecule has 0 bridgehead atoms. The fraction of sp³-hybridized carbons (Fsp3) is 0.500. The van der Waals surface area contributed by atoms with Gasteiger partial charge in [0.1, 0.15) is 5.82 Å². The van der Waals surface area contributed by atoms with E-state index in [1.54, 1.807) is 6.07 Å². The van der Waals surface area contributed by atoms with Crippen molar-refractivity contribution in [1.82, 2.24) is 4.90 Å². The molecule has 1 aromatic carbocycles. The van der Waals surface area contributed by atoms with Gasteiger partial charge in [-0.2, -0.15) is 0 Å².